The number of rotatable bonds is 3. The normalized spacial score (nSPS) is 15.5. The van der Waals surface area contributed by atoms with E-state index in [9.17, 15) is 9.18 Å². The zero-order valence-electron chi connectivity index (χ0n) is 16.3. The third-order valence-electron chi connectivity index (χ3n) is 4.38. The largest absolute Gasteiger partial charge is 0.444 e. The van der Waals surface area contributed by atoms with Crippen LogP contribution >= 0.6 is 0 Å². The molecule has 0 atom stereocenters. The number of alkyl carbamates (subject to hydrolysis) is 1. The molecule has 1 fully saturated rings. The van der Waals surface area contributed by atoms with E-state index in [-0.39, 0.29) is 23.8 Å². The number of nitrogens with zero attached hydrogens (tertiary/aromatic N) is 4. The monoisotopic (exact) mass is 391 g/mol. The van der Waals surface area contributed by atoms with Crippen molar-refractivity contribution < 1.29 is 13.9 Å². The van der Waals surface area contributed by atoms with Crippen molar-refractivity contribution in [2.24, 2.45) is 0 Å². The summed E-state index contributed by atoms with van der Waals surface area (Å²) in [5, 5.41) is 6.83. The van der Waals surface area contributed by atoms with E-state index in [1.165, 1.54) is 10.7 Å². The lowest BCUT2D eigenvalue weighted by Crippen LogP contribution is -2.46. The lowest BCUT2D eigenvalue weighted by molar-refractivity contribution is 0.0497. The van der Waals surface area contributed by atoms with Gasteiger partial charge in [0.2, 0.25) is 11.9 Å². The van der Waals surface area contributed by atoms with Crippen molar-refractivity contribution in [1.29, 1.82) is 0 Å². The molecule has 152 valence electrons. The van der Waals surface area contributed by atoms with E-state index in [0.717, 1.165) is 0 Å². The van der Waals surface area contributed by atoms with E-state index in [2.05, 4.69) is 15.4 Å². The number of nitrogens with one attached hydrogen (secondary N) is 1. The fraction of sp³-hybridized carbons (Fsp3) is 0.500. The molecule has 0 spiro atoms. The first-order valence-corrected chi connectivity index (χ1v) is 9.15. The van der Waals surface area contributed by atoms with Gasteiger partial charge in [0.1, 0.15) is 11.4 Å². The van der Waals surface area contributed by atoms with E-state index in [0.29, 0.717) is 37.3 Å². The van der Waals surface area contributed by atoms with Crippen molar-refractivity contribution in [2.45, 2.75) is 45.3 Å². The first kappa shape index (κ1) is 19.7. The lowest BCUT2D eigenvalue weighted by Gasteiger charge is -2.34. The molecule has 1 amide bonds. The molecule has 28 heavy (non-hydrogen) atoms. The number of hydrogen-bond acceptors (Lipinski definition) is 7. The van der Waals surface area contributed by atoms with E-state index >= 15 is 0 Å². The minimum Gasteiger partial charge on any atom is -0.444 e. The van der Waals surface area contributed by atoms with Crippen molar-refractivity contribution in [3.63, 3.8) is 0 Å². The molecule has 0 unspecified atom stereocenters. The summed E-state index contributed by atoms with van der Waals surface area (Å²) in [6, 6.07) is 4.76. The van der Waals surface area contributed by atoms with Gasteiger partial charge in [-0.2, -0.15) is 9.67 Å². The molecule has 0 bridgehead atoms. The van der Waals surface area contributed by atoms with Crippen LogP contribution in [-0.2, 0) is 4.74 Å². The molecule has 1 aliphatic heterocycles. The van der Waals surface area contributed by atoms with Crippen LogP contribution in [0.5, 0.6) is 0 Å². The average Bonchev–Trinajstić information content (AvgIpc) is 2.92. The van der Waals surface area contributed by atoms with Crippen LogP contribution in [0.2, 0.25) is 0 Å². The summed E-state index contributed by atoms with van der Waals surface area (Å²) in [4.78, 5) is 17.7. The fourth-order valence-electron chi connectivity index (χ4n) is 3.15. The number of aromatic nitrogens is 3. The minimum absolute atomic E-state index is 0.00589. The minimum atomic E-state index is -0.534. The Hall–Kier alpha value is -3.04. The second-order valence-corrected chi connectivity index (χ2v) is 7.78. The Balaban J connectivity index is 1.61. The number of nitrogens with two attached hydrogens (primary N) is 2. The van der Waals surface area contributed by atoms with Crippen LogP contribution in [0.3, 0.4) is 0 Å². The molecule has 10 heteroatoms. The number of benzene rings is 1. The maximum atomic E-state index is 14.7. The van der Waals surface area contributed by atoms with Crippen LogP contribution in [0, 0.1) is 5.82 Å². The van der Waals surface area contributed by atoms with Crippen molar-refractivity contribution in [3.8, 4) is 5.69 Å². The number of ether oxygens (including phenoxy) is 1. The van der Waals surface area contributed by atoms with Gasteiger partial charge in [-0.15, -0.1) is 5.10 Å². The molecule has 0 saturated carbocycles. The van der Waals surface area contributed by atoms with Gasteiger partial charge in [0.05, 0.1) is 11.4 Å². The van der Waals surface area contributed by atoms with E-state index < -0.39 is 11.7 Å². The smallest absolute Gasteiger partial charge is 0.407 e. The first-order valence-electron chi connectivity index (χ1n) is 9.15. The van der Waals surface area contributed by atoms with E-state index in [1.807, 2.05) is 25.7 Å². The maximum absolute atomic E-state index is 14.7. The molecular formula is C18H26FN7O2. The Morgan fingerprint density at radius 3 is 2.50 bits per heavy atom. The highest BCUT2D eigenvalue weighted by molar-refractivity contribution is 5.68. The molecule has 9 nitrogen and oxygen atoms in total. The quantitative estimate of drug-likeness (QED) is 0.731. The summed E-state index contributed by atoms with van der Waals surface area (Å²) in [7, 11) is 0. The van der Waals surface area contributed by atoms with E-state index in [4.69, 9.17) is 16.2 Å². The van der Waals surface area contributed by atoms with Gasteiger partial charge < -0.3 is 26.4 Å². The predicted octanol–water partition coefficient (Wildman–Crippen LogP) is 2.06. The van der Waals surface area contributed by atoms with Gasteiger partial charge in [0.25, 0.3) is 0 Å². The number of anilines is 3. The van der Waals surface area contributed by atoms with Gasteiger partial charge in [0, 0.05) is 25.2 Å². The van der Waals surface area contributed by atoms with Crippen molar-refractivity contribution in [1.82, 2.24) is 20.1 Å². The molecule has 1 saturated heterocycles. The molecule has 1 aromatic heterocycles. The topological polar surface area (TPSA) is 124 Å². The second kappa shape index (κ2) is 7.53. The number of amides is 1. The summed E-state index contributed by atoms with van der Waals surface area (Å²) in [5.74, 6) is -0.259. The third kappa shape index (κ3) is 4.62. The van der Waals surface area contributed by atoms with Crippen LogP contribution in [0.15, 0.2) is 18.2 Å². The molecule has 2 aromatic rings. The van der Waals surface area contributed by atoms with Crippen LogP contribution in [0.25, 0.3) is 5.69 Å². The number of piperidine rings is 1. The summed E-state index contributed by atoms with van der Waals surface area (Å²) in [6.45, 7) is 6.71. The molecule has 2 heterocycles. The highest BCUT2D eigenvalue weighted by atomic mass is 19.1. The Morgan fingerprint density at radius 1 is 1.29 bits per heavy atom. The Labute approximate surface area is 162 Å². The van der Waals surface area contributed by atoms with Crippen LogP contribution in [0.4, 0.5) is 26.8 Å². The SMILES string of the molecule is CC(C)(C)OC(=O)NC1CCN(c2ccc(-n3nc(N)nc3N)cc2F)CC1. The summed E-state index contributed by atoms with van der Waals surface area (Å²) in [5.41, 5.74) is 11.7. The molecule has 5 N–H and O–H groups in total. The second-order valence-electron chi connectivity index (χ2n) is 7.78. The zero-order valence-corrected chi connectivity index (χ0v) is 16.3. The number of halogens is 1. The fourth-order valence-corrected chi connectivity index (χ4v) is 3.15. The number of hydrogen-bond donors (Lipinski definition) is 3. The van der Waals surface area contributed by atoms with Crippen molar-refractivity contribution >= 4 is 23.7 Å². The average molecular weight is 391 g/mol. The van der Waals surface area contributed by atoms with Crippen molar-refractivity contribution in [2.75, 3.05) is 29.5 Å². The summed E-state index contributed by atoms with van der Waals surface area (Å²) >= 11 is 0. The van der Waals surface area contributed by atoms with Gasteiger partial charge in [0.15, 0.2) is 0 Å². The third-order valence-corrected chi connectivity index (χ3v) is 4.38. The number of nitrogen functional groups attached to an aromatic ring is 2. The Morgan fingerprint density at radius 2 is 1.96 bits per heavy atom. The summed E-state index contributed by atoms with van der Waals surface area (Å²) in [6.07, 6.45) is 0.978. The van der Waals surface area contributed by atoms with Crippen LogP contribution in [0.1, 0.15) is 33.6 Å². The molecule has 1 aromatic carbocycles. The number of carbonyl (C=O) groups excluding carboxylic acids is 1. The van der Waals surface area contributed by atoms with E-state index in [1.54, 1.807) is 12.1 Å². The Kier molecular flexibility index (Phi) is 5.30. The van der Waals surface area contributed by atoms with Gasteiger partial charge >= 0.3 is 6.09 Å². The molecule has 1 aliphatic rings. The lowest BCUT2D eigenvalue weighted by atomic mass is 10.0. The van der Waals surface area contributed by atoms with Gasteiger partial charge in [-0.3, -0.25) is 0 Å². The number of carbonyl (C=O) groups is 1. The highest BCUT2D eigenvalue weighted by Gasteiger charge is 2.25. The van der Waals surface area contributed by atoms with Crippen LogP contribution < -0.4 is 21.7 Å². The standard InChI is InChI=1S/C18H26FN7O2/c1-18(2,3)28-17(27)22-11-6-8-25(9-7-11)14-5-4-12(10-13(14)19)26-16(21)23-15(20)24-26/h4-5,10-11H,6-9H2,1-3H3,(H,22,27)(H4,20,21,23,24). The summed E-state index contributed by atoms with van der Waals surface area (Å²) < 4.78 is 21.3. The maximum Gasteiger partial charge on any atom is 0.407 e. The predicted molar refractivity (Wildman–Crippen MR) is 105 cm³/mol. The first-order chi connectivity index (χ1) is 13.1. The molecule has 3 rings (SSSR count). The molecule has 0 aliphatic carbocycles. The Bertz CT molecular complexity index is 854. The molecular weight excluding hydrogens is 365 g/mol. The van der Waals surface area contributed by atoms with Gasteiger partial charge in [-0.25, -0.2) is 9.18 Å². The zero-order chi connectivity index (χ0) is 20.5. The van der Waals surface area contributed by atoms with Gasteiger partial charge in [-0.05, 0) is 45.7 Å². The molecule has 0 radical (unpaired) electrons. The van der Waals surface area contributed by atoms with Crippen molar-refractivity contribution in [3.05, 3.63) is 24.0 Å². The van der Waals surface area contributed by atoms with Gasteiger partial charge in [-0.1, -0.05) is 0 Å². The highest BCUT2D eigenvalue weighted by Crippen LogP contribution is 2.26. The van der Waals surface area contributed by atoms with Crippen LogP contribution in [-0.4, -0.2) is 45.6 Å².